The van der Waals surface area contributed by atoms with Gasteiger partial charge >= 0.3 is 0 Å². The van der Waals surface area contributed by atoms with Gasteiger partial charge in [-0.1, -0.05) is 35.5 Å². The van der Waals surface area contributed by atoms with Gasteiger partial charge in [-0.15, -0.1) is 5.10 Å². The van der Waals surface area contributed by atoms with Crippen molar-refractivity contribution in [3.8, 4) is 0 Å². The van der Waals surface area contributed by atoms with Gasteiger partial charge in [0.25, 0.3) is 5.91 Å². The summed E-state index contributed by atoms with van der Waals surface area (Å²) in [5, 5.41) is 11.0. The zero-order chi connectivity index (χ0) is 20.1. The number of carbonyl (C=O) groups is 1. The van der Waals surface area contributed by atoms with Crippen molar-refractivity contribution in [2.45, 2.75) is 38.5 Å². The fourth-order valence-corrected chi connectivity index (χ4v) is 3.64. The molecule has 0 spiro atoms. The molecule has 8 heteroatoms. The third-order valence-corrected chi connectivity index (χ3v) is 5.19. The summed E-state index contributed by atoms with van der Waals surface area (Å²) in [7, 11) is 0. The van der Waals surface area contributed by atoms with E-state index in [1.165, 1.54) is 6.20 Å². The quantitative estimate of drug-likeness (QED) is 0.666. The number of hydrogen-bond acceptors (Lipinski definition) is 5. The summed E-state index contributed by atoms with van der Waals surface area (Å²) in [6, 6.07) is 11.7. The number of pyridine rings is 1. The molecule has 29 heavy (non-hydrogen) atoms. The predicted molar refractivity (Wildman–Crippen MR) is 105 cm³/mol. The molecule has 7 nitrogen and oxygen atoms in total. The lowest BCUT2D eigenvalue weighted by Gasteiger charge is -2.24. The monoisotopic (exact) mass is 394 g/mol. The van der Waals surface area contributed by atoms with Crippen LogP contribution in [0, 0.1) is 5.82 Å². The number of nitrogens with one attached hydrogen (secondary N) is 1. The summed E-state index contributed by atoms with van der Waals surface area (Å²) < 4.78 is 15.6. The van der Waals surface area contributed by atoms with Crippen molar-refractivity contribution in [1.29, 1.82) is 0 Å². The molecule has 0 saturated carbocycles. The lowest BCUT2D eigenvalue weighted by molar-refractivity contribution is 0.0945. The van der Waals surface area contributed by atoms with E-state index in [0.29, 0.717) is 30.9 Å². The molecule has 1 N–H and O–H groups in total. The van der Waals surface area contributed by atoms with E-state index in [1.54, 1.807) is 23.1 Å². The molecule has 1 atom stereocenters. The van der Waals surface area contributed by atoms with Crippen LogP contribution >= 0.6 is 0 Å². The topological polar surface area (TPSA) is 75.9 Å². The molecule has 3 aromatic rings. The van der Waals surface area contributed by atoms with Crippen LogP contribution in [0.3, 0.4) is 0 Å². The average molecular weight is 394 g/mol. The van der Waals surface area contributed by atoms with Crippen LogP contribution in [0.1, 0.15) is 34.5 Å². The minimum Gasteiger partial charge on any atom is -0.347 e. The number of hydrogen-bond donors (Lipinski definition) is 1. The molecule has 0 unspecified atom stereocenters. The number of carbonyl (C=O) groups excluding carboxylic acids is 1. The summed E-state index contributed by atoms with van der Waals surface area (Å²) in [5.74, 6) is -0.529. The normalized spacial score (nSPS) is 16.8. The number of rotatable bonds is 7. The molecule has 0 radical (unpaired) electrons. The van der Waals surface area contributed by atoms with Gasteiger partial charge in [0.05, 0.1) is 18.9 Å². The summed E-state index contributed by atoms with van der Waals surface area (Å²) in [5.41, 5.74) is 1.97. The molecule has 1 saturated heterocycles. The van der Waals surface area contributed by atoms with E-state index >= 15 is 0 Å². The number of halogens is 1. The summed E-state index contributed by atoms with van der Waals surface area (Å²) in [6.07, 6.45) is 6.59. The maximum Gasteiger partial charge on any atom is 0.273 e. The Balaban J connectivity index is 1.34. The number of likely N-dealkylation sites (tertiary alicyclic amines) is 1. The smallest absolute Gasteiger partial charge is 0.273 e. The summed E-state index contributed by atoms with van der Waals surface area (Å²) >= 11 is 0. The van der Waals surface area contributed by atoms with Crippen LogP contribution < -0.4 is 5.32 Å². The minimum absolute atomic E-state index is 0.226. The van der Waals surface area contributed by atoms with Crippen LogP contribution in [0.5, 0.6) is 0 Å². The lowest BCUT2D eigenvalue weighted by atomic mass is 10.2. The van der Waals surface area contributed by atoms with Crippen LogP contribution in [0.15, 0.2) is 55.0 Å². The molecule has 1 amide bonds. The summed E-state index contributed by atoms with van der Waals surface area (Å²) in [4.78, 5) is 18.4. The molecule has 2 aromatic heterocycles. The Hall–Kier alpha value is -3.13. The largest absolute Gasteiger partial charge is 0.347 e. The van der Waals surface area contributed by atoms with Gasteiger partial charge < -0.3 is 5.32 Å². The van der Waals surface area contributed by atoms with Crippen molar-refractivity contribution < 1.29 is 9.18 Å². The molecule has 0 bridgehead atoms. The Morgan fingerprint density at radius 1 is 1.24 bits per heavy atom. The van der Waals surface area contributed by atoms with Crippen LogP contribution in [-0.2, 0) is 19.6 Å². The van der Waals surface area contributed by atoms with Crippen molar-refractivity contribution in [3.63, 3.8) is 0 Å². The van der Waals surface area contributed by atoms with Crippen LogP contribution in [0.4, 0.5) is 4.39 Å². The molecule has 1 aliphatic heterocycles. The average Bonchev–Trinajstić information content (AvgIpc) is 3.39. The fourth-order valence-electron chi connectivity index (χ4n) is 3.64. The summed E-state index contributed by atoms with van der Waals surface area (Å²) in [6.45, 7) is 2.51. The second kappa shape index (κ2) is 8.91. The highest BCUT2D eigenvalue weighted by atomic mass is 19.1. The van der Waals surface area contributed by atoms with Gasteiger partial charge in [0, 0.05) is 30.9 Å². The van der Waals surface area contributed by atoms with Crippen LogP contribution in [-0.4, -0.2) is 43.4 Å². The highest BCUT2D eigenvalue weighted by molar-refractivity contribution is 5.91. The Kier molecular flexibility index (Phi) is 5.90. The van der Waals surface area contributed by atoms with Crippen LogP contribution in [0.25, 0.3) is 0 Å². The standard InChI is InChI=1S/C21H23FN6O/c22-19-12-23-9-8-17(19)13-27-10-4-7-18(27)14-28-15-20(25-26-28)21(29)24-11-16-5-2-1-3-6-16/h1-3,5-6,8-9,12,15,18H,4,7,10-11,13-14H2,(H,24,29)/t18-/m0/s1. The fraction of sp³-hybridized carbons (Fsp3) is 0.333. The number of nitrogens with zero attached hydrogens (tertiary/aromatic N) is 5. The maximum absolute atomic E-state index is 13.9. The van der Waals surface area contributed by atoms with E-state index in [2.05, 4.69) is 25.5 Å². The highest BCUT2D eigenvalue weighted by Gasteiger charge is 2.26. The molecule has 150 valence electrons. The van der Waals surface area contributed by atoms with Gasteiger partial charge in [-0.25, -0.2) is 4.39 Å². The van der Waals surface area contributed by atoms with Crippen LogP contribution in [0.2, 0.25) is 0 Å². The molecule has 4 rings (SSSR count). The first-order chi connectivity index (χ1) is 14.2. The van der Waals surface area contributed by atoms with Gasteiger partial charge in [0.15, 0.2) is 5.69 Å². The molecule has 1 aliphatic rings. The predicted octanol–water partition coefficient (Wildman–Crippen LogP) is 2.41. The first-order valence-electron chi connectivity index (χ1n) is 9.74. The zero-order valence-electron chi connectivity index (χ0n) is 16.0. The SMILES string of the molecule is O=C(NCc1ccccc1)c1cn(C[C@@H]2CCCN2Cc2ccncc2F)nn1. The van der Waals surface area contributed by atoms with Gasteiger partial charge in [-0.3, -0.25) is 19.4 Å². The zero-order valence-corrected chi connectivity index (χ0v) is 16.0. The van der Waals surface area contributed by atoms with Crippen molar-refractivity contribution in [1.82, 2.24) is 30.2 Å². The molecular weight excluding hydrogens is 371 g/mol. The Labute approximate surface area is 168 Å². The lowest BCUT2D eigenvalue weighted by Crippen LogP contribution is -2.33. The van der Waals surface area contributed by atoms with Gasteiger partial charge in [-0.05, 0) is 31.0 Å². The number of aromatic nitrogens is 4. The van der Waals surface area contributed by atoms with E-state index < -0.39 is 0 Å². The third-order valence-electron chi connectivity index (χ3n) is 5.19. The van der Waals surface area contributed by atoms with Crippen molar-refractivity contribution >= 4 is 5.91 Å². The van der Waals surface area contributed by atoms with E-state index in [1.807, 2.05) is 30.3 Å². The first-order valence-corrected chi connectivity index (χ1v) is 9.74. The molecule has 1 fully saturated rings. The van der Waals surface area contributed by atoms with E-state index in [-0.39, 0.29) is 17.8 Å². The second-order valence-electron chi connectivity index (χ2n) is 7.23. The Bertz CT molecular complexity index is 961. The minimum atomic E-state index is -0.281. The molecular formula is C21H23FN6O. The van der Waals surface area contributed by atoms with Gasteiger partial charge in [0.2, 0.25) is 0 Å². The number of benzene rings is 1. The molecule has 0 aliphatic carbocycles. The van der Waals surface area contributed by atoms with Gasteiger partial charge in [0.1, 0.15) is 5.82 Å². The van der Waals surface area contributed by atoms with E-state index in [4.69, 9.17) is 0 Å². The van der Waals surface area contributed by atoms with E-state index in [9.17, 15) is 9.18 Å². The van der Waals surface area contributed by atoms with Crippen molar-refractivity contribution in [2.24, 2.45) is 0 Å². The van der Waals surface area contributed by atoms with E-state index in [0.717, 1.165) is 24.9 Å². The Morgan fingerprint density at radius 3 is 2.93 bits per heavy atom. The van der Waals surface area contributed by atoms with Crippen molar-refractivity contribution in [2.75, 3.05) is 6.54 Å². The second-order valence-corrected chi connectivity index (χ2v) is 7.23. The molecule has 3 heterocycles. The maximum atomic E-state index is 13.9. The van der Waals surface area contributed by atoms with Crippen molar-refractivity contribution in [3.05, 3.63) is 77.6 Å². The first kappa shape index (κ1) is 19.2. The Morgan fingerprint density at radius 2 is 2.10 bits per heavy atom. The van der Waals surface area contributed by atoms with Gasteiger partial charge in [-0.2, -0.15) is 0 Å². The molecule has 1 aromatic carbocycles. The number of amides is 1. The highest BCUT2D eigenvalue weighted by Crippen LogP contribution is 2.22. The third kappa shape index (κ3) is 4.83.